The Morgan fingerprint density at radius 3 is 2.71 bits per heavy atom. The molecule has 5 heteroatoms. The van der Waals surface area contributed by atoms with Gasteiger partial charge in [-0.1, -0.05) is 15.9 Å². The van der Waals surface area contributed by atoms with Crippen LogP contribution >= 0.6 is 15.9 Å². The lowest BCUT2D eigenvalue weighted by atomic mass is 10.3. The Morgan fingerprint density at radius 1 is 1.64 bits per heavy atom. The van der Waals surface area contributed by atoms with Crippen molar-refractivity contribution in [2.45, 2.75) is 19.8 Å². The van der Waals surface area contributed by atoms with Crippen molar-refractivity contribution in [3.05, 3.63) is 0 Å². The Labute approximate surface area is 93.1 Å². The van der Waals surface area contributed by atoms with Crippen molar-refractivity contribution in [2.24, 2.45) is 4.99 Å². The van der Waals surface area contributed by atoms with Crippen LogP contribution in [0.5, 0.6) is 0 Å². The monoisotopic (exact) mass is 264 g/mol. The molecule has 1 N–H and O–H groups in total. The zero-order chi connectivity index (χ0) is 10.8. The summed E-state index contributed by atoms with van der Waals surface area (Å²) >= 11 is 3.41. The molecule has 0 spiro atoms. The molecule has 14 heavy (non-hydrogen) atoms. The lowest BCUT2D eigenvalue weighted by Gasteiger charge is -2.11. The predicted octanol–water partition coefficient (Wildman–Crippen LogP) is 1.60. The Morgan fingerprint density at radius 2 is 2.29 bits per heavy atom. The number of aliphatic carboxylic acids is 1. The van der Waals surface area contributed by atoms with E-state index in [1.165, 1.54) is 19.4 Å². The first-order valence-corrected chi connectivity index (χ1v) is 5.78. The van der Waals surface area contributed by atoms with Crippen LogP contribution < -0.4 is 0 Å². The SMILES string of the molecule is BrCCCCN1C=NCC1.CC(=O)O. The number of halogens is 1. The van der Waals surface area contributed by atoms with Gasteiger partial charge in [-0.15, -0.1) is 0 Å². The molecule has 0 saturated heterocycles. The van der Waals surface area contributed by atoms with Crippen molar-refractivity contribution >= 4 is 28.2 Å². The number of carboxylic acids is 1. The Hall–Kier alpha value is -0.580. The molecule has 0 amide bonds. The highest BCUT2D eigenvalue weighted by atomic mass is 79.9. The van der Waals surface area contributed by atoms with Gasteiger partial charge in [-0.3, -0.25) is 9.79 Å². The van der Waals surface area contributed by atoms with Crippen molar-refractivity contribution in [3.8, 4) is 0 Å². The molecule has 1 aliphatic heterocycles. The molecule has 1 aliphatic rings. The third-order valence-electron chi connectivity index (χ3n) is 1.59. The summed E-state index contributed by atoms with van der Waals surface area (Å²) in [4.78, 5) is 15.4. The van der Waals surface area contributed by atoms with Gasteiger partial charge in [0.1, 0.15) is 0 Å². The van der Waals surface area contributed by atoms with Gasteiger partial charge in [0.25, 0.3) is 5.97 Å². The van der Waals surface area contributed by atoms with Gasteiger partial charge < -0.3 is 10.0 Å². The minimum atomic E-state index is -0.833. The lowest BCUT2D eigenvalue weighted by molar-refractivity contribution is -0.134. The summed E-state index contributed by atoms with van der Waals surface area (Å²) in [5.74, 6) is -0.833. The molecule has 0 aromatic rings. The fourth-order valence-corrected chi connectivity index (χ4v) is 1.39. The average Bonchev–Trinajstić information content (AvgIpc) is 2.56. The zero-order valence-corrected chi connectivity index (χ0v) is 10.0. The quantitative estimate of drug-likeness (QED) is 0.620. The van der Waals surface area contributed by atoms with Crippen LogP contribution in [0.2, 0.25) is 0 Å². The molecule has 0 bridgehead atoms. The third-order valence-corrected chi connectivity index (χ3v) is 2.15. The van der Waals surface area contributed by atoms with E-state index in [0.29, 0.717) is 0 Å². The summed E-state index contributed by atoms with van der Waals surface area (Å²) in [6.07, 6.45) is 4.51. The number of nitrogens with zero attached hydrogens (tertiary/aromatic N) is 2. The highest BCUT2D eigenvalue weighted by Crippen LogP contribution is 1.99. The lowest BCUT2D eigenvalue weighted by Crippen LogP contribution is -2.20. The van der Waals surface area contributed by atoms with Crippen LogP contribution in [0.3, 0.4) is 0 Å². The van der Waals surface area contributed by atoms with Crippen LogP contribution in [-0.4, -0.2) is 47.3 Å². The van der Waals surface area contributed by atoms with E-state index in [1.54, 1.807) is 0 Å². The maximum absolute atomic E-state index is 9.00. The second-order valence-corrected chi connectivity index (χ2v) is 3.77. The zero-order valence-electron chi connectivity index (χ0n) is 8.45. The molecule has 0 aromatic carbocycles. The van der Waals surface area contributed by atoms with E-state index >= 15 is 0 Å². The summed E-state index contributed by atoms with van der Waals surface area (Å²) < 4.78 is 0. The summed E-state index contributed by atoms with van der Waals surface area (Å²) in [7, 11) is 0. The fourth-order valence-electron chi connectivity index (χ4n) is 0.996. The molecule has 1 rings (SSSR count). The van der Waals surface area contributed by atoms with Gasteiger partial charge >= 0.3 is 0 Å². The standard InChI is InChI=1S/C7H13BrN2.C2H4O2/c8-3-1-2-5-10-6-4-9-7-10;1-2(3)4/h7H,1-6H2;1H3,(H,3,4). The van der Waals surface area contributed by atoms with Crippen molar-refractivity contribution in [2.75, 3.05) is 25.0 Å². The van der Waals surface area contributed by atoms with E-state index in [4.69, 9.17) is 9.90 Å². The first-order valence-electron chi connectivity index (χ1n) is 4.66. The van der Waals surface area contributed by atoms with Gasteiger partial charge in [0.15, 0.2) is 0 Å². The van der Waals surface area contributed by atoms with Crippen LogP contribution in [0, 0.1) is 0 Å². The molecule has 0 atom stereocenters. The maximum atomic E-state index is 9.00. The number of rotatable bonds is 4. The molecular formula is C9H17BrN2O2. The normalized spacial score (nSPS) is 13.7. The van der Waals surface area contributed by atoms with E-state index in [0.717, 1.165) is 25.3 Å². The van der Waals surface area contributed by atoms with Crippen LogP contribution in [0.4, 0.5) is 0 Å². The fraction of sp³-hybridized carbons (Fsp3) is 0.778. The number of hydrogen-bond donors (Lipinski definition) is 1. The molecule has 82 valence electrons. The number of hydrogen-bond acceptors (Lipinski definition) is 3. The molecule has 0 saturated carbocycles. The van der Waals surface area contributed by atoms with Gasteiger partial charge in [0.05, 0.1) is 12.9 Å². The Bertz CT molecular complexity index is 182. The number of carbonyl (C=O) groups is 1. The van der Waals surface area contributed by atoms with Crippen LogP contribution in [0.1, 0.15) is 19.8 Å². The maximum Gasteiger partial charge on any atom is 0.300 e. The molecule has 0 unspecified atom stereocenters. The van der Waals surface area contributed by atoms with Gasteiger partial charge in [-0.2, -0.15) is 0 Å². The summed E-state index contributed by atoms with van der Waals surface area (Å²) in [6, 6.07) is 0. The molecule has 4 nitrogen and oxygen atoms in total. The Balaban J connectivity index is 0.000000364. The van der Waals surface area contributed by atoms with Crippen LogP contribution in [0.15, 0.2) is 4.99 Å². The first-order chi connectivity index (χ1) is 6.66. The van der Waals surface area contributed by atoms with E-state index in [1.807, 2.05) is 6.34 Å². The average molecular weight is 265 g/mol. The highest BCUT2D eigenvalue weighted by Gasteiger charge is 2.02. The molecular weight excluding hydrogens is 248 g/mol. The molecule has 1 heterocycles. The van der Waals surface area contributed by atoms with Gasteiger partial charge in [0, 0.05) is 25.3 Å². The van der Waals surface area contributed by atoms with E-state index in [9.17, 15) is 0 Å². The van der Waals surface area contributed by atoms with Crippen molar-refractivity contribution < 1.29 is 9.90 Å². The number of unbranched alkanes of at least 4 members (excludes halogenated alkanes) is 1. The van der Waals surface area contributed by atoms with E-state index in [-0.39, 0.29) is 0 Å². The highest BCUT2D eigenvalue weighted by molar-refractivity contribution is 9.09. The smallest absolute Gasteiger partial charge is 0.300 e. The van der Waals surface area contributed by atoms with Crippen molar-refractivity contribution in [1.82, 2.24) is 4.90 Å². The van der Waals surface area contributed by atoms with Gasteiger partial charge in [0.2, 0.25) is 0 Å². The van der Waals surface area contributed by atoms with Crippen molar-refractivity contribution in [1.29, 1.82) is 0 Å². The first kappa shape index (κ1) is 13.4. The van der Waals surface area contributed by atoms with Crippen LogP contribution in [0.25, 0.3) is 0 Å². The summed E-state index contributed by atoms with van der Waals surface area (Å²) in [5.41, 5.74) is 0. The molecule has 0 radical (unpaired) electrons. The number of alkyl halides is 1. The minimum absolute atomic E-state index is 0.833. The van der Waals surface area contributed by atoms with Crippen LogP contribution in [-0.2, 0) is 4.79 Å². The molecule has 0 fully saturated rings. The Kier molecular flexibility index (Phi) is 8.62. The number of carboxylic acid groups (broad SMARTS) is 1. The molecule has 0 aliphatic carbocycles. The number of aliphatic imine (C=N–C) groups is 1. The largest absolute Gasteiger partial charge is 0.481 e. The third kappa shape index (κ3) is 9.51. The summed E-state index contributed by atoms with van der Waals surface area (Å²) in [6.45, 7) is 4.38. The second kappa shape index (κ2) is 8.99. The van der Waals surface area contributed by atoms with Gasteiger partial charge in [-0.25, -0.2) is 0 Å². The van der Waals surface area contributed by atoms with Crippen molar-refractivity contribution in [3.63, 3.8) is 0 Å². The van der Waals surface area contributed by atoms with E-state index < -0.39 is 5.97 Å². The van der Waals surface area contributed by atoms with E-state index in [2.05, 4.69) is 25.8 Å². The topological polar surface area (TPSA) is 52.9 Å². The summed E-state index contributed by atoms with van der Waals surface area (Å²) in [5, 5.41) is 8.54. The minimum Gasteiger partial charge on any atom is -0.481 e. The molecule has 0 aromatic heterocycles. The predicted molar refractivity (Wildman–Crippen MR) is 61.3 cm³/mol. The second-order valence-electron chi connectivity index (χ2n) is 2.97. The van der Waals surface area contributed by atoms with Gasteiger partial charge in [-0.05, 0) is 12.8 Å².